The number of carbonyl (C=O) groups excluding carboxylic acids is 2. The van der Waals surface area contributed by atoms with Crippen molar-refractivity contribution in [3.8, 4) is 11.5 Å². The molecule has 0 N–H and O–H groups in total. The average Bonchev–Trinajstić information content (AvgIpc) is 3.41. The van der Waals surface area contributed by atoms with Crippen molar-refractivity contribution in [1.29, 1.82) is 0 Å². The molecule has 1 aliphatic rings. The lowest BCUT2D eigenvalue weighted by atomic mass is 10.1. The number of aliphatic imine (C=N–C) groups is 1. The summed E-state index contributed by atoms with van der Waals surface area (Å²) in [5, 5.41) is 0. The van der Waals surface area contributed by atoms with Gasteiger partial charge in [0.05, 0.1) is 12.9 Å². The van der Waals surface area contributed by atoms with Crippen molar-refractivity contribution in [1.82, 2.24) is 0 Å². The predicted octanol–water partition coefficient (Wildman–Crippen LogP) is 4.55. The first-order valence-electron chi connectivity index (χ1n) is 9.65. The summed E-state index contributed by atoms with van der Waals surface area (Å²) in [6.45, 7) is 4.15. The third-order valence-electron chi connectivity index (χ3n) is 4.42. The lowest BCUT2D eigenvalue weighted by Gasteiger charge is -2.10. The molecule has 2 aromatic carbocycles. The first-order chi connectivity index (χ1) is 15.0. The molecule has 3 aromatic rings. The molecule has 7 nitrogen and oxygen atoms in total. The molecule has 0 spiro atoms. The van der Waals surface area contributed by atoms with Crippen molar-refractivity contribution >= 4 is 23.9 Å². The Labute approximate surface area is 178 Å². The molecule has 4 rings (SSSR count). The Morgan fingerprint density at radius 3 is 2.61 bits per heavy atom. The minimum atomic E-state index is -0.635. The third-order valence-corrected chi connectivity index (χ3v) is 4.42. The van der Waals surface area contributed by atoms with Gasteiger partial charge in [-0.1, -0.05) is 23.8 Å². The van der Waals surface area contributed by atoms with Crippen LogP contribution in [0.1, 0.15) is 34.2 Å². The highest BCUT2D eigenvalue weighted by Gasteiger charge is 2.24. The van der Waals surface area contributed by atoms with E-state index in [4.69, 9.17) is 18.6 Å². The minimum absolute atomic E-state index is 0.0836. The summed E-state index contributed by atoms with van der Waals surface area (Å²) in [4.78, 5) is 28.7. The summed E-state index contributed by atoms with van der Waals surface area (Å²) in [5.41, 5.74) is 2.62. The van der Waals surface area contributed by atoms with E-state index in [9.17, 15) is 9.59 Å². The molecule has 31 heavy (non-hydrogen) atoms. The predicted molar refractivity (Wildman–Crippen MR) is 113 cm³/mol. The highest BCUT2D eigenvalue weighted by molar-refractivity contribution is 6.12. The van der Waals surface area contributed by atoms with Crippen molar-refractivity contribution in [3.05, 3.63) is 89.0 Å². The Kier molecular flexibility index (Phi) is 5.66. The van der Waals surface area contributed by atoms with E-state index >= 15 is 0 Å². The molecule has 0 saturated carbocycles. The Balaban J connectivity index is 1.59. The number of hydrogen-bond donors (Lipinski definition) is 0. The van der Waals surface area contributed by atoms with E-state index in [-0.39, 0.29) is 23.1 Å². The van der Waals surface area contributed by atoms with Gasteiger partial charge in [-0.15, -0.1) is 0 Å². The molecule has 1 aliphatic heterocycles. The summed E-state index contributed by atoms with van der Waals surface area (Å²) in [6, 6.07) is 15.6. The summed E-state index contributed by atoms with van der Waals surface area (Å²) >= 11 is 0. The Morgan fingerprint density at radius 2 is 1.90 bits per heavy atom. The zero-order chi connectivity index (χ0) is 21.8. The van der Waals surface area contributed by atoms with Gasteiger partial charge in [0.1, 0.15) is 0 Å². The van der Waals surface area contributed by atoms with Gasteiger partial charge in [-0.3, -0.25) is 0 Å². The van der Waals surface area contributed by atoms with Gasteiger partial charge in [-0.2, -0.15) is 0 Å². The summed E-state index contributed by atoms with van der Waals surface area (Å²) < 4.78 is 21.3. The molecule has 0 amide bonds. The molecule has 156 valence electrons. The number of aryl methyl sites for hydroxylation is 1. The lowest BCUT2D eigenvalue weighted by molar-refractivity contribution is -0.129. The van der Waals surface area contributed by atoms with Crippen LogP contribution in [0.2, 0.25) is 0 Å². The van der Waals surface area contributed by atoms with Gasteiger partial charge in [0.2, 0.25) is 11.7 Å². The molecule has 0 bridgehead atoms. The second-order valence-corrected chi connectivity index (χ2v) is 6.71. The first-order valence-corrected chi connectivity index (χ1v) is 9.65. The minimum Gasteiger partial charge on any atom is -0.490 e. The van der Waals surface area contributed by atoms with Crippen LogP contribution in [-0.2, 0) is 9.53 Å². The molecule has 0 radical (unpaired) electrons. The fourth-order valence-corrected chi connectivity index (χ4v) is 2.90. The highest BCUT2D eigenvalue weighted by Crippen LogP contribution is 2.31. The Bertz CT molecular complexity index is 1170. The third kappa shape index (κ3) is 4.56. The number of carbonyl (C=O) groups is 2. The van der Waals surface area contributed by atoms with Gasteiger partial charge in [-0.25, -0.2) is 14.6 Å². The van der Waals surface area contributed by atoms with Crippen LogP contribution in [-0.4, -0.2) is 24.4 Å². The largest absolute Gasteiger partial charge is 0.490 e. The monoisotopic (exact) mass is 417 g/mol. The maximum absolute atomic E-state index is 12.3. The van der Waals surface area contributed by atoms with E-state index < -0.39 is 11.9 Å². The van der Waals surface area contributed by atoms with E-state index in [1.807, 2.05) is 38.1 Å². The smallest absolute Gasteiger partial charge is 0.379 e. The molecule has 0 atom stereocenters. The van der Waals surface area contributed by atoms with Crippen LogP contribution in [0.5, 0.6) is 11.5 Å². The van der Waals surface area contributed by atoms with Crippen LogP contribution in [0.4, 0.5) is 0 Å². The fraction of sp³-hybridized carbons (Fsp3) is 0.125. The number of hydrogen-bond acceptors (Lipinski definition) is 7. The second kappa shape index (κ2) is 8.71. The summed E-state index contributed by atoms with van der Waals surface area (Å²) in [7, 11) is 0. The van der Waals surface area contributed by atoms with E-state index in [0.29, 0.717) is 17.9 Å². The van der Waals surface area contributed by atoms with Crippen molar-refractivity contribution in [2.45, 2.75) is 13.8 Å². The number of benzene rings is 2. The molecule has 0 unspecified atom stereocenters. The van der Waals surface area contributed by atoms with Gasteiger partial charge in [-0.05, 0) is 61.9 Å². The summed E-state index contributed by atoms with van der Waals surface area (Å²) in [5.74, 6) is -0.245. The molecule has 1 aromatic heterocycles. The maximum Gasteiger partial charge on any atom is 0.379 e. The van der Waals surface area contributed by atoms with E-state index in [1.165, 1.54) is 12.3 Å². The first kappa shape index (κ1) is 20.2. The standard InChI is InChI=1S/C24H19NO6/c1-3-28-21-14-16(8-11-19(21)30-24(27)20-5-4-12-29-20)13-18-23(26)31-22(25-18)17-9-6-15(2)7-10-17/h4-14H,3H2,1-2H3/b18-13+. The molecule has 0 saturated heterocycles. The number of cyclic esters (lactones) is 1. The maximum atomic E-state index is 12.3. The van der Waals surface area contributed by atoms with Gasteiger partial charge < -0.3 is 18.6 Å². The van der Waals surface area contributed by atoms with Crippen LogP contribution in [0.3, 0.4) is 0 Å². The molecular formula is C24H19NO6. The zero-order valence-corrected chi connectivity index (χ0v) is 17.0. The van der Waals surface area contributed by atoms with Crippen molar-refractivity contribution in [2.75, 3.05) is 6.61 Å². The summed E-state index contributed by atoms with van der Waals surface area (Å²) in [6.07, 6.45) is 2.98. The van der Waals surface area contributed by atoms with Gasteiger partial charge in [0, 0.05) is 5.56 Å². The highest BCUT2D eigenvalue weighted by atomic mass is 16.6. The molecule has 2 heterocycles. The second-order valence-electron chi connectivity index (χ2n) is 6.71. The zero-order valence-electron chi connectivity index (χ0n) is 17.0. The number of ether oxygens (including phenoxy) is 3. The van der Waals surface area contributed by atoms with Crippen molar-refractivity contribution in [3.63, 3.8) is 0 Å². The van der Waals surface area contributed by atoms with E-state index in [1.54, 1.807) is 30.3 Å². The van der Waals surface area contributed by atoms with Crippen molar-refractivity contribution in [2.24, 2.45) is 4.99 Å². The van der Waals surface area contributed by atoms with Crippen LogP contribution in [0.25, 0.3) is 6.08 Å². The Morgan fingerprint density at radius 1 is 1.10 bits per heavy atom. The van der Waals surface area contributed by atoms with Crippen LogP contribution in [0, 0.1) is 6.92 Å². The SMILES string of the molecule is CCOc1cc(/C=C2/N=C(c3ccc(C)cc3)OC2=O)ccc1OC(=O)c1ccco1. The lowest BCUT2D eigenvalue weighted by Crippen LogP contribution is -2.08. The van der Waals surface area contributed by atoms with Gasteiger partial charge in [0.15, 0.2) is 17.2 Å². The number of nitrogens with zero attached hydrogens (tertiary/aromatic N) is 1. The van der Waals surface area contributed by atoms with Crippen LogP contribution in [0.15, 0.2) is 76.0 Å². The number of furan rings is 1. The molecule has 0 aliphatic carbocycles. The quantitative estimate of drug-likeness (QED) is 0.332. The fourth-order valence-electron chi connectivity index (χ4n) is 2.90. The Hall–Kier alpha value is -4.13. The van der Waals surface area contributed by atoms with Crippen LogP contribution >= 0.6 is 0 Å². The molecule has 0 fully saturated rings. The number of esters is 2. The van der Waals surface area contributed by atoms with Crippen LogP contribution < -0.4 is 9.47 Å². The van der Waals surface area contributed by atoms with E-state index in [0.717, 1.165) is 11.1 Å². The van der Waals surface area contributed by atoms with Crippen molar-refractivity contribution < 1.29 is 28.2 Å². The average molecular weight is 417 g/mol. The van der Waals surface area contributed by atoms with E-state index in [2.05, 4.69) is 4.99 Å². The van der Waals surface area contributed by atoms with Gasteiger partial charge in [0.25, 0.3) is 0 Å². The molecular weight excluding hydrogens is 398 g/mol. The topological polar surface area (TPSA) is 87.3 Å². The van der Waals surface area contributed by atoms with Gasteiger partial charge >= 0.3 is 11.9 Å². The molecule has 7 heteroatoms. The number of rotatable bonds is 6. The normalized spacial score (nSPS) is 14.3.